The van der Waals surface area contributed by atoms with Crippen molar-refractivity contribution >= 4 is 17.6 Å². The number of allylic oxidation sites excluding steroid dienone is 1. The lowest BCUT2D eigenvalue weighted by molar-refractivity contribution is -0.136. The summed E-state index contributed by atoms with van der Waals surface area (Å²) in [7, 11) is 0. The van der Waals surface area contributed by atoms with Gasteiger partial charge in [0.25, 0.3) is 0 Å². The Kier molecular flexibility index (Phi) is 4.67. The summed E-state index contributed by atoms with van der Waals surface area (Å²) in [4.78, 5) is 10.5. The van der Waals surface area contributed by atoms with E-state index in [2.05, 4.69) is 11.3 Å². The van der Waals surface area contributed by atoms with E-state index in [0.29, 0.717) is 5.03 Å². The molecule has 0 fully saturated rings. The number of hydrogen-bond acceptors (Lipinski definition) is 2. The van der Waals surface area contributed by atoms with Gasteiger partial charge in [0, 0.05) is 11.1 Å². The van der Waals surface area contributed by atoms with Crippen molar-refractivity contribution in [3.63, 3.8) is 0 Å². The average Bonchev–Trinajstić information content (AvgIpc) is 1.85. The highest BCUT2D eigenvalue weighted by atomic mass is 35.5. The standard InChI is InChI=1S/C7H9ClO2/c1-3-4-7(9)10-5-6(2)8/h3-4H,2,5H2,1H3/b4-3+. The van der Waals surface area contributed by atoms with Gasteiger partial charge >= 0.3 is 5.97 Å². The Morgan fingerprint density at radius 2 is 2.40 bits per heavy atom. The molecule has 0 spiro atoms. The lowest BCUT2D eigenvalue weighted by Gasteiger charge is -1.96. The fourth-order valence-corrected chi connectivity index (χ4v) is 0.388. The summed E-state index contributed by atoms with van der Waals surface area (Å²) in [5, 5.41) is 0.317. The van der Waals surface area contributed by atoms with Gasteiger partial charge in [0.2, 0.25) is 0 Å². The minimum absolute atomic E-state index is 0.0741. The van der Waals surface area contributed by atoms with Crippen LogP contribution in [0.15, 0.2) is 23.8 Å². The molecule has 2 nitrogen and oxygen atoms in total. The number of esters is 1. The van der Waals surface area contributed by atoms with Crippen molar-refractivity contribution in [3.8, 4) is 0 Å². The monoisotopic (exact) mass is 160 g/mol. The highest BCUT2D eigenvalue weighted by Crippen LogP contribution is 1.96. The van der Waals surface area contributed by atoms with Gasteiger partial charge in [0.1, 0.15) is 6.61 Å². The van der Waals surface area contributed by atoms with Gasteiger partial charge in [-0.15, -0.1) is 0 Å². The molecule has 0 unspecified atom stereocenters. The molecule has 0 atom stereocenters. The van der Waals surface area contributed by atoms with Crippen LogP contribution in [0.4, 0.5) is 0 Å². The van der Waals surface area contributed by atoms with Gasteiger partial charge in [-0.25, -0.2) is 4.79 Å². The largest absolute Gasteiger partial charge is 0.457 e. The number of halogens is 1. The summed E-state index contributed by atoms with van der Waals surface area (Å²) in [5.74, 6) is -0.399. The van der Waals surface area contributed by atoms with Crippen LogP contribution < -0.4 is 0 Å². The van der Waals surface area contributed by atoms with Crippen LogP contribution in [0.25, 0.3) is 0 Å². The molecule has 0 aromatic rings. The minimum Gasteiger partial charge on any atom is -0.457 e. The van der Waals surface area contributed by atoms with Gasteiger partial charge in [0.05, 0.1) is 0 Å². The van der Waals surface area contributed by atoms with Crippen molar-refractivity contribution in [1.82, 2.24) is 0 Å². The second-order valence-corrected chi connectivity index (χ2v) is 2.16. The molecule has 0 saturated carbocycles. The molecule has 0 saturated heterocycles. The molecule has 0 heterocycles. The molecule has 0 amide bonds. The van der Waals surface area contributed by atoms with E-state index < -0.39 is 5.97 Å². The van der Waals surface area contributed by atoms with Gasteiger partial charge in [-0.05, 0) is 6.92 Å². The zero-order valence-electron chi connectivity index (χ0n) is 5.76. The molecular formula is C7H9ClO2. The summed E-state index contributed by atoms with van der Waals surface area (Å²) in [5.41, 5.74) is 0. The van der Waals surface area contributed by atoms with E-state index in [4.69, 9.17) is 11.6 Å². The highest BCUT2D eigenvalue weighted by molar-refractivity contribution is 6.29. The van der Waals surface area contributed by atoms with Crippen LogP contribution in [0.2, 0.25) is 0 Å². The number of ether oxygens (including phenoxy) is 1. The molecular weight excluding hydrogens is 152 g/mol. The molecule has 56 valence electrons. The zero-order chi connectivity index (χ0) is 7.98. The molecule has 0 aromatic heterocycles. The molecule has 3 heteroatoms. The van der Waals surface area contributed by atoms with Crippen LogP contribution in [0.1, 0.15) is 6.92 Å². The topological polar surface area (TPSA) is 26.3 Å². The normalized spacial score (nSPS) is 9.80. The van der Waals surface area contributed by atoms with Gasteiger partial charge in [-0.2, -0.15) is 0 Å². The maximum atomic E-state index is 10.5. The number of hydrogen-bond donors (Lipinski definition) is 0. The lowest BCUT2D eigenvalue weighted by atomic mass is 10.5. The molecule has 0 rings (SSSR count). The van der Waals surface area contributed by atoms with Crippen LogP contribution in [0.3, 0.4) is 0 Å². The van der Waals surface area contributed by atoms with Crippen molar-refractivity contribution in [2.75, 3.05) is 6.61 Å². The first-order valence-electron chi connectivity index (χ1n) is 2.79. The van der Waals surface area contributed by atoms with E-state index in [9.17, 15) is 4.79 Å². The minimum atomic E-state index is -0.399. The van der Waals surface area contributed by atoms with Crippen molar-refractivity contribution in [3.05, 3.63) is 23.8 Å². The fourth-order valence-electron chi connectivity index (χ4n) is 0.334. The van der Waals surface area contributed by atoms with Crippen LogP contribution in [0.5, 0.6) is 0 Å². The van der Waals surface area contributed by atoms with Gasteiger partial charge in [0.15, 0.2) is 0 Å². The van der Waals surface area contributed by atoms with Crippen molar-refractivity contribution in [2.45, 2.75) is 6.92 Å². The predicted octanol–water partition coefficient (Wildman–Crippen LogP) is 1.86. The number of carbonyl (C=O) groups excluding carboxylic acids is 1. The molecule has 10 heavy (non-hydrogen) atoms. The Morgan fingerprint density at radius 1 is 1.80 bits per heavy atom. The van der Waals surface area contributed by atoms with Crippen LogP contribution in [-0.4, -0.2) is 12.6 Å². The molecule has 0 bridgehead atoms. The zero-order valence-corrected chi connectivity index (χ0v) is 6.52. The van der Waals surface area contributed by atoms with Gasteiger partial charge in [-0.3, -0.25) is 0 Å². The summed E-state index contributed by atoms with van der Waals surface area (Å²) in [6, 6.07) is 0. The van der Waals surface area contributed by atoms with Crippen molar-refractivity contribution in [1.29, 1.82) is 0 Å². The fraction of sp³-hybridized carbons (Fsp3) is 0.286. The van der Waals surface area contributed by atoms with Gasteiger partial charge in [-0.1, -0.05) is 24.3 Å². The third-order valence-corrected chi connectivity index (χ3v) is 0.783. The quantitative estimate of drug-likeness (QED) is 0.465. The molecule has 0 aliphatic rings. The summed E-state index contributed by atoms with van der Waals surface area (Å²) in [6.45, 7) is 5.16. The Labute approximate surface area is 65.1 Å². The van der Waals surface area contributed by atoms with Crippen LogP contribution in [-0.2, 0) is 9.53 Å². The first kappa shape index (κ1) is 9.24. The summed E-state index contributed by atoms with van der Waals surface area (Å²) in [6.07, 6.45) is 2.92. The summed E-state index contributed by atoms with van der Waals surface area (Å²) >= 11 is 5.33. The second kappa shape index (κ2) is 5.06. The lowest BCUT2D eigenvalue weighted by Crippen LogP contribution is -2.01. The molecule has 0 aromatic carbocycles. The Hall–Kier alpha value is -0.760. The molecule has 0 N–H and O–H groups in total. The predicted molar refractivity (Wildman–Crippen MR) is 40.8 cm³/mol. The Balaban J connectivity index is 3.50. The van der Waals surface area contributed by atoms with Gasteiger partial charge < -0.3 is 4.74 Å². The van der Waals surface area contributed by atoms with Crippen molar-refractivity contribution in [2.24, 2.45) is 0 Å². The van der Waals surface area contributed by atoms with E-state index in [0.717, 1.165) is 0 Å². The van der Waals surface area contributed by atoms with E-state index in [1.54, 1.807) is 13.0 Å². The first-order valence-corrected chi connectivity index (χ1v) is 3.17. The smallest absolute Gasteiger partial charge is 0.330 e. The maximum Gasteiger partial charge on any atom is 0.330 e. The van der Waals surface area contributed by atoms with Crippen LogP contribution in [0, 0.1) is 0 Å². The third-order valence-electron chi connectivity index (χ3n) is 0.674. The third kappa shape index (κ3) is 5.38. The van der Waals surface area contributed by atoms with E-state index >= 15 is 0 Å². The Morgan fingerprint density at radius 3 is 2.80 bits per heavy atom. The number of carbonyl (C=O) groups is 1. The average molecular weight is 161 g/mol. The SMILES string of the molecule is C=C(Cl)COC(=O)/C=C/C. The first-order chi connectivity index (χ1) is 4.66. The Bertz CT molecular complexity index is 161. The van der Waals surface area contributed by atoms with E-state index in [1.165, 1.54) is 6.08 Å². The second-order valence-electron chi connectivity index (χ2n) is 1.62. The molecule has 0 aliphatic carbocycles. The highest BCUT2D eigenvalue weighted by Gasteiger charge is 1.94. The summed E-state index contributed by atoms with van der Waals surface area (Å²) < 4.78 is 4.59. The van der Waals surface area contributed by atoms with Crippen molar-refractivity contribution < 1.29 is 9.53 Å². The number of rotatable bonds is 3. The van der Waals surface area contributed by atoms with Crippen LogP contribution >= 0.6 is 11.6 Å². The molecule has 0 aliphatic heterocycles. The maximum absolute atomic E-state index is 10.5. The van der Waals surface area contributed by atoms with E-state index in [-0.39, 0.29) is 6.61 Å². The molecule has 0 radical (unpaired) electrons. The van der Waals surface area contributed by atoms with E-state index in [1.807, 2.05) is 0 Å².